The molecule has 2 aliphatic heterocycles. The number of hydrogen-bond donors (Lipinski definition) is 1. The van der Waals surface area contributed by atoms with E-state index in [0.717, 1.165) is 17.0 Å². The van der Waals surface area contributed by atoms with E-state index in [-0.39, 0.29) is 5.92 Å². The van der Waals surface area contributed by atoms with Gasteiger partial charge in [0.2, 0.25) is 5.91 Å². The van der Waals surface area contributed by atoms with E-state index in [1.165, 1.54) is 55.9 Å². The summed E-state index contributed by atoms with van der Waals surface area (Å²) in [6.07, 6.45) is 9.11. The maximum atomic E-state index is 13.5. The van der Waals surface area contributed by atoms with Gasteiger partial charge < -0.3 is 9.88 Å². The van der Waals surface area contributed by atoms with Crippen molar-refractivity contribution < 1.29 is 4.79 Å². The van der Waals surface area contributed by atoms with Crippen LogP contribution in [-0.2, 0) is 4.79 Å². The van der Waals surface area contributed by atoms with Crippen LogP contribution in [0.25, 0.3) is 10.9 Å². The summed E-state index contributed by atoms with van der Waals surface area (Å²) in [4.78, 5) is 19.2. The molecular formula is C26H31N3O. The molecule has 3 atom stereocenters. The molecule has 1 aromatic carbocycles. The number of nitrogens with one attached hydrogen (secondary N) is 1. The van der Waals surface area contributed by atoms with E-state index in [2.05, 4.69) is 48.0 Å². The summed E-state index contributed by atoms with van der Waals surface area (Å²) in [5, 5.41) is 11.0. The fraction of sp³-hybridized carbons (Fsp3) is 0.615. The van der Waals surface area contributed by atoms with Gasteiger partial charge in [-0.15, -0.1) is 0 Å². The summed E-state index contributed by atoms with van der Waals surface area (Å²) in [5.41, 5.74) is 4.59. The number of piperidine rings is 2. The highest BCUT2D eigenvalue weighted by molar-refractivity contribution is 5.91. The Morgan fingerprint density at radius 1 is 1.27 bits per heavy atom. The molecule has 5 aliphatic rings. The largest absolute Gasteiger partial charge is 0.346 e. The lowest BCUT2D eigenvalue weighted by molar-refractivity contribution is -0.156. The molecule has 2 saturated heterocycles. The van der Waals surface area contributed by atoms with E-state index >= 15 is 0 Å². The van der Waals surface area contributed by atoms with Crippen LogP contribution in [0.2, 0.25) is 0 Å². The Kier molecular flexibility index (Phi) is 3.92. The molecule has 156 valence electrons. The van der Waals surface area contributed by atoms with Gasteiger partial charge in [0.05, 0.1) is 0 Å². The number of benzene rings is 1. The number of amides is 1. The Balaban J connectivity index is 1.31. The van der Waals surface area contributed by atoms with Crippen molar-refractivity contribution in [3.63, 3.8) is 0 Å². The van der Waals surface area contributed by atoms with Crippen LogP contribution in [0.5, 0.6) is 0 Å². The molecule has 4 bridgehead atoms. The molecular weight excluding hydrogens is 370 g/mol. The molecule has 1 amide bonds. The number of nitriles is 1. The summed E-state index contributed by atoms with van der Waals surface area (Å²) in [6, 6.07) is 9.65. The maximum Gasteiger partial charge on any atom is 0.223 e. The van der Waals surface area contributed by atoms with Gasteiger partial charge in [-0.1, -0.05) is 26.0 Å². The minimum absolute atomic E-state index is 0.0496. The average molecular weight is 402 g/mol. The zero-order valence-electron chi connectivity index (χ0n) is 18.1. The lowest BCUT2D eigenvalue weighted by atomic mass is 9.56. The lowest BCUT2D eigenvalue weighted by Gasteiger charge is -2.61. The lowest BCUT2D eigenvalue weighted by Crippen LogP contribution is -2.62. The van der Waals surface area contributed by atoms with E-state index in [9.17, 15) is 10.1 Å². The number of fused-ring (bicyclic) bond motifs is 1. The number of aromatic amines is 1. The molecule has 3 aliphatic carbocycles. The SMILES string of the molecule is CC(CC(=O)N1C2CC3CC1CC(C)(C3)C2)c1c(C#N)[nH]c2cccc(C3CC3)c12. The van der Waals surface area contributed by atoms with Gasteiger partial charge in [-0.3, -0.25) is 4.79 Å². The fourth-order valence-electron chi connectivity index (χ4n) is 7.50. The van der Waals surface area contributed by atoms with Crippen molar-refractivity contribution >= 4 is 16.8 Å². The van der Waals surface area contributed by atoms with Crippen LogP contribution in [-0.4, -0.2) is 27.9 Å². The molecule has 1 aromatic heterocycles. The summed E-state index contributed by atoms with van der Waals surface area (Å²) in [5.74, 6) is 1.80. The Labute approximate surface area is 178 Å². The van der Waals surface area contributed by atoms with Gasteiger partial charge in [-0.2, -0.15) is 5.26 Å². The van der Waals surface area contributed by atoms with Gasteiger partial charge in [0.15, 0.2) is 0 Å². The van der Waals surface area contributed by atoms with Crippen molar-refractivity contribution in [3.8, 4) is 6.07 Å². The predicted molar refractivity (Wildman–Crippen MR) is 117 cm³/mol. The number of carbonyl (C=O) groups is 1. The van der Waals surface area contributed by atoms with Crippen LogP contribution in [0.15, 0.2) is 18.2 Å². The molecule has 5 fully saturated rings. The number of carbonyl (C=O) groups excluding carboxylic acids is 1. The molecule has 1 N–H and O–H groups in total. The predicted octanol–water partition coefficient (Wildman–Crippen LogP) is 5.59. The summed E-state index contributed by atoms with van der Waals surface area (Å²) in [6.45, 7) is 4.58. The second kappa shape index (κ2) is 6.36. The first-order chi connectivity index (χ1) is 14.5. The van der Waals surface area contributed by atoms with Crippen molar-refractivity contribution in [1.29, 1.82) is 5.26 Å². The van der Waals surface area contributed by atoms with Gasteiger partial charge in [-0.05, 0) is 85.3 Å². The monoisotopic (exact) mass is 401 g/mol. The molecule has 30 heavy (non-hydrogen) atoms. The number of H-pyrrole nitrogens is 1. The average Bonchev–Trinajstić information content (AvgIpc) is 3.45. The van der Waals surface area contributed by atoms with Crippen molar-refractivity contribution in [2.75, 3.05) is 0 Å². The van der Waals surface area contributed by atoms with E-state index < -0.39 is 0 Å². The highest BCUT2D eigenvalue weighted by atomic mass is 16.2. The minimum Gasteiger partial charge on any atom is -0.346 e. The third-order valence-corrected chi connectivity index (χ3v) is 8.52. The fourth-order valence-corrected chi connectivity index (χ4v) is 7.50. The maximum absolute atomic E-state index is 13.5. The van der Waals surface area contributed by atoms with Gasteiger partial charge in [0.1, 0.15) is 11.8 Å². The first-order valence-corrected chi connectivity index (χ1v) is 11.8. The Morgan fingerprint density at radius 2 is 2.00 bits per heavy atom. The molecule has 3 heterocycles. The van der Waals surface area contributed by atoms with Crippen molar-refractivity contribution in [3.05, 3.63) is 35.0 Å². The van der Waals surface area contributed by atoms with Crippen LogP contribution in [0.1, 0.15) is 93.9 Å². The molecule has 7 rings (SSSR count). The smallest absolute Gasteiger partial charge is 0.223 e. The zero-order valence-corrected chi connectivity index (χ0v) is 18.1. The van der Waals surface area contributed by atoms with Crippen molar-refractivity contribution in [2.45, 2.75) is 89.1 Å². The van der Waals surface area contributed by atoms with Crippen LogP contribution in [0.4, 0.5) is 0 Å². The van der Waals surface area contributed by atoms with Crippen LogP contribution in [0, 0.1) is 22.7 Å². The van der Waals surface area contributed by atoms with Crippen LogP contribution < -0.4 is 0 Å². The number of hydrogen-bond acceptors (Lipinski definition) is 2. The number of nitrogens with zero attached hydrogens (tertiary/aromatic N) is 2. The van der Waals surface area contributed by atoms with E-state index in [0.29, 0.717) is 41.4 Å². The second-order valence-corrected chi connectivity index (χ2v) is 11.0. The molecule has 4 heteroatoms. The summed E-state index contributed by atoms with van der Waals surface area (Å²) in [7, 11) is 0. The summed E-state index contributed by atoms with van der Waals surface area (Å²) < 4.78 is 0. The normalized spacial score (nSPS) is 33.1. The molecule has 2 aromatic rings. The molecule has 3 unspecified atom stereocenters. The molecule has 3 saturated carbocycles. The molecule has 0 radical (unpaired) electrons. The standard InChI is InChI=1S/C26H31N3O/c1-15(8-23(30)29-18-9-16-10-19(29)13-26(2,11-16)12-18)24-22(14-27)28-21-5-3-4-20(25(21)24)17-6-7-17/h3-5,15-19,28H,6-13H2,1-2H3. The van der Waals surface area contributed by atoms with Gasteiger partial charge in [0.25, 0.3) is 0 Å². The third-order valence-electron chi connectivity index (χ3n) is 8.52. The Morgan fingerprint density at radius 3 is 2.63 bits per heavy atom. The first kappa shape index (κ1) is 18.5. The van der Waals surface area contributed by atoms with Gasteiger partial charge >= 0.3 is 0 Å². The van der Waals surface area contributed by atoms with Crippen molar-refractivity contribution in [2.24, 2.45) is 11.3 Å². The van der Waals surface area contributed by atoms with Crippen LogP contribution >= 0.6 is 0 Å². The molecule has 4 nitrogen and oxygen atoms in total. The highest BCUT2D eigenvalue weighted by Crippen LogP contribution is 2.56. The van der Waals surface area contributed by atoms with Gasteiger partial charge in [-0.25, -0.2) is 0 Å². The van der Waals surface area contributed by atoms with E-state index in [1.54, 1.807) is 0 Å². The first-order valence-electron chi connectivity index (χ1n) is 11.8. The van der Waals surface area contributed by atoms with Crippen LogP contribution in [0.3, 0.4) is 0 Å². The second-order valence-electron chi connectivity index (χ2n) is 11.0. The quantitative estimate of drug-likeness (QED) is 0.726. The summed E-state index contributed by atoms with van der Waals surface area (Å²) >= 11 is 0. The zero-order chi connectivity index (χ0) is 20.6. The Bertz CT molecular complexity index is 1060. The van der Waals surface area contributed by atoms with E-state index in [4.69, 9.17) is 0 Å². The highest BCUT2D eigenvalue weighted by Gasteiger charge is 2.53. The number of rotatable bonds is 4. The van der Waals surface area contributed by atoms with Crippen molar-refractivity contribution in [1.82, 2.24) is 9.88 Å². The molecule has 0 spiro atoms. The number of aromatic nitrogens is 1. The Hall–Kier alpha value is -2.28. The van der Waals surface area contributed by atoms with E-state index in [1.807, 2.05) is 0 Å². The third kappa shape index (κ3) is 2.74. The topological polar surface area (TPSA) is 59.9 Å². The van der Waals surface area contributed by atoms with Gasteiger partial charge in [0, 0.05) is 29.4 Å². The minimum atomic E-state index is 0.0496.